The summed E-state index contributed by atoms with van der Waals surface area (Å²) >= 11 is 0. The Bertz CT molecular complexity index is 971. The van der Waals surface area contributed by atoms with Crippen LogP contribution in [0.25, 0.3) is 0 Å². The molecule has 1 unspecified atom stereocenters. The van der Waals surface area contributed by atoms with Gasteiger partial charge in [-0.1, -0.05) is 40.7 Å². The van der Waals surface area contributed by atoms with E-state index in [0.29, 0.717) is 13.1 Å². The lowest BCUT2D eigenvalue weighted by Gasteiger charge is -2.70. The van der Waals surface area contributed by atoms with Gasteiger partial charge in [0.2, 0.25) is 0 Å². The number of likely N-dealkylation sites (N-methyl/N-ethyl adjacent to an activating group) is 1. The van der Waals surface area contributed by atoms with E-state index in [1.807, 2.05) is 32.6 Å². The Hall–Kier alpha value is -1.56. The molecule has 0 aromatic carbocycles. The second kappa shape index (κ2) is 11.4. The number of ketones is 1. The van der Waals surface area contributed by atoms with Gasteiger partial charge in [-0.15, -0.1) is 19.0 Å². The highest BCUT2D eigenvalue weighted by atomic mass is 35.5. The second-order valence-corrected chi connectivity index (χ2v) is 12.5. The van der Waals surface area contributed by atoms with Crippen molar-refractivity contribution >= 4 is 30.1 Å². The molecular weight excluding hydrogens is 530 g/mol. The number of nitrogens with zero attached hydrogens (tertiary/aromatic N) is 1. The van der Waals surface area contributed by atoms with E-state index in [1.54, 1.807) is 20.8 Å². The van der Waals surface area contributed by atoms with Crippen molar-refractivity contribution in [2.75, 3.05) is 26.2 Å². The maximum absolute atomic E-state index is 13.8. The van der Waals surface area contributed by atoms with Crippen LogP contribution in [-0.2, 0) is 28.6 Å². The van der Waals surface area contributed by atoms with E-state index in [2.05, 4.69) is 6.58 Å². The monoisotopic (exact) mass is 575 g/mol. The lowest BCUT2D eigenvalue weighted by molar-refractivity contribution is -0.350. The number of esters is 2. The van der Waals surface area contributed by atoms with Crippen LogP contribution < -0.4 is 0 Å². The van der Waals surface area contributed by atoms with Gasteiger partial charge in [-0.2, -0.15) is 0 Å². The molecule has 1 heterocycles. The predicted molar refractivity (Wildman–Crippen MR) is 145 cm³/mol. The number of hydrogen-bond donors (Lipinski definition) is 3. The number of hydrogen-bond acceptors (Lipinski definition) is 10. The normalized spacial score (nSPS) is 41.1. The van der Waals surface area contributed by atoms with Crippen LogP contribution in [0, 0.1) is 16.7 Å². The zero-order valence-electron chi connectivity index (χ0n) is 24.2. The topological polar surface area (TPSA) is 143 Å². The minimum atomic E-state index is -2.19. The summed E-state index contributed by atoms with van der Waals surface area (Å²) in [6, 6.07) is 0. The van der Waals surface area contributed by atoms with E-state index in [-0.39, 0.29) is 38.2 Å². The molecule has 3 aliphatic rings. The largest absolute Gasteiger partial charge is 0.457 e. The molecule has 0 radical (unpaired) electrons. The molecule has 2 aliphatic carbocycles. The average Bonchev–Trinajstić information content (AvgIpc) is 2.81. The van der Waals surface area contributed by atoms with Crippen molar-refractivity contribution in [3.8, 4) is 0 Å². The number of carbonyl (C=O) groups excluding carboxylic acids is 3. The van der Waals surface area contributed by atoms with Crippen LogP contribution in [0.1, 0.15) is 67.7 Å². The minimum Gasteiger partial charge on any atom is -0.457 e. The molecule has 39 heavy (non-hydrogen) atoms. The zero-order valence-corrected chi connectivity index (χ0v) is 25.0. The summed E-state index contributed by atoms with van der Waals surface area (Å²) < 4.78 is 17.0. The van der Waals surface area contributed by atoms with Gasteiger partial charge in [0.05, 0.1) is 24.4 Å². The first-order valence-electron chi connectivity index (χ1n) is 13.5. The Kier molecular flexibility index (Phi) is 9.81. The molecule has 0 spiro atoms. The molecule has 0 bridgehead atoms. The molecule has 0 amide bonds. The van der Waals surface area contributed by atoms with Crippen LogP contribution in [0.2, 0.25) is 0 Å². The van der Waals surface area contributed by atoms with Crippen molar-refractivity contribution in [3.63, 3.8) is 0 Å². The molecule has 224 valence electrons. The van der Waals surface area contributed by atoms with Gasteiger partial charge in [-0.05, 0) is 38.8 Å². The molecule has 10 nitrogen and oxygen atoms in total. The van der Waals surface area contributed by atoms with Crippen LogP contribution in [0.3, 0.4) is 0 Å². The van der Waals surface area contributed by atoms with Gasteiger partial charge in [0, 0.05) is 24.2 Å². The molecular formula is C28H46ClNO9. The van der Waals surface area contributed by atoms with Gasteiger partial charge in [-0.25, -0.2) is 4.79 Å². The molecule has 1 aliphatic heterocycles. The van der Waals surface area contributed by atoms with Gasteiger partial charge >= 0.3 is 11.9 Å². The number of Topliss-reactive ketones (excluding diaryl/α,β-unsaturated/α-hetero) is 1. The van der Waals surface area contributed by atoms with Crippen LogP contribution >= 0.6 is 12.4 Å². The third-order valence-corrected chi connectivity index (χ3v) is 9.40. The van der Waals surface area contributed by atoms with Crippen molar-refractivity contribution in [1.82, 2.24) is 4.90 Å². The quantitative estimate of drug-likeness (QED) is 0.289. The SMILES string of the molecule is C=C[C@@]1(C)CC(=O)[C@]2(O)[C@@]3(C)[C@@H](O)C(OC(=O)COC(=O)CN(CC)CC)CC(C)(C)[C@@H]3[C@H](O)C[C@@]2(C)O1.Cl. The van der Waals surface area contributed by atoms with Crippen molar-refractivity contribution < 1.29 is 43.9 Å². The number of rotatable bonds is 8. The highest BCUT2D eigenvalue weighted by Crippen LogP contribution is 2.66. The van der Waals surface area contributed by atoms with Crippen molar-refractivity contribution in [2.24, 2.45) is 16.7 Å². The van der Waals surface area contributed by atoms with E-state index in [9.17, 15) is 29.7 Å². The van der Waals surface area contributed by atoms with E-state index in [0.717, 1.165) is 0 Å². The Morgan fingerprint density at radius 2 is 1.69 bits per heavy atom. The number of fused-ring (bicyclic) bond motifs is 3. The van der Waals surface area contributed by atoms with E-state index < -0.39 is 76.2 Å². The molecule has 3 N–H and O–H groups in total. The van der Waals surface area contributed by atoms with Crippen molar-refractivity contribution in [2.45, 2.75) is 103 Å². The Labute approximate surface area is 237 Å². The number of carbonyl (C=O) groups is 3. The third-order valence-electron chi connectivity index (χ3n) is 9.40. The molecule has 1 saturated heterocycles. The van der Waals surface area contributed by atoms with Gasteiger partial charge < -0.3 is 29.5 Å². The van der Waals surface area contributed by atoms with Crippen LogP contribution in [0.15, 0.2) is 12.7 Å². The first-order valence-corrected chi connectivity index (χ1v) is 13.5. The first kappa shape index (κ1) is 33.6. The number of aliphatic hydroxyl groups excluding tert-OH is 2. The van der Waals surface area contributed by atoms with Crippen LogP contribution in [0.5, 0.6) is 0 Å². The molecule has 2 saturated carbocycles. The smallest absolute Gasteiger partial charge is 0.344 e. The fraction of sp³-hybridized carbons (Fsp3) is 0.821. The summed E-state index contributed by atoms with van der Waals surface area (Å²) in [5.41, 5.74) is -7.18. The van der Waals surface area contributed by atoms with Crippen molar-refractivity contribution in [1.29, 1.82) is 0 Å². The Balaban J connectivity index is 0.00000533. The highest BCUT2D eigenvalue weighted by Gasteiger charge is 2.79. The highest BCUT2D eigenvalue weighted by molar-refractivity contribution is 5.92. The van der Waals surface area contributed by atoms with E-state index in [4.69, 9.17) is 14.2 Å². The number of aliphatic hydroxyl groups is 3. The maximum Gasteiger partial charge on any atom is 0.344 e. The lowest BCUT2D eigenvalue weighted by Crippen LogP contribution is -2.83. The van der Waals surface area contributed by atoms with Gasteiger partial charge in [0.25, 0.3) is 0 Å². The first-order chi connectivity index (χ1) is 17.4. The lowest BCUT2D eigenvalue weighted by atomic mass is 9.40. The second-order valence-electron chi connectivity index (χ2n) is 12.5. The summed E-state index contributed by atoms with van der Waals surface area (Å²) in [6.07, 6.45) is -2.19. The Morgan fingerprint density at radius 1 is 1.10 bits per heavy atom. The summed E-state index contributed by atoms with van der Waals surface area (Å²) in [7, 11) is 0. The summed E-state index contributed by atoms with van der Waals surface area (Å²) in [6.45, 7) is 16.8. The number of ether oxygens (including phenoxy) is 3. The predicted octanol–water partition coefficient (Wildman–Crippen LogP) is 1.81. The van der Waals surface area contributed by atoms with E-state index in [1.165, 1.54) is 6.08 Å². The summed E-state index contributed by atoms with van der Waals surface area (Å²) in [4.78, 5) is 40.4. The summed E-state index contributed by atoms with van der Waals surface area (Å²) in [5.74, 6) is -2.67. The zero-order chi connectivity index (χ0) is 28.9. The van der Waals surface area contributed by atoms with Crippen LogP contribution in [0.4, 0.5) is 0 Å². The molecule has 11 heteroatoms. The summed E-state index contributed by atoms with van der Waals surface area (Å²) in [5, 5.41) is 35.4. The fourth-order valence-electron chi connectivity index (χ4n) is 7.68. The standard InChI is InChI=1S/C28H45NO9.ClH/c1-9-25(6)14-19(31)28(35)26(7,38-25)12-17(30)22-24(4,5)13-18(23(34)27(22,28)8)37-21(33)16-36-20(32)15-29(10-2)11-3;/h9,17-18,22-23,30,34-35H,1,10-16H2,2-8H3;1H/t17-,18?,22+,23+,25+,26-,27-,28-;/m1./s1. The Morgan fingerprint density at radius 3 is 2.23 bits per heavy atom. The van der Waals surface area contributed by atoms with Crippen LogP contribution in [-0.4, -0.2) is 99.3 Å². The van der Waals surface area contributed by atoms with E-state index >= 15 is 0 Å². The van der Waals surface area contributed by atoms with Crippen molar-refractivity contribution in [3.05, 3.63) is 12.7 Å². The molecule has 0 aromatic rings. The average molecular weight is 576 g/mol. The van der Waals surface area contributed by atoms with Gasteiger partial charge in [0.1, 0.15) is 11.7 Å². The number of halogens is 1. The third kappa shape index (κ3) is 5.40. The molecule has 0 aromatic heterocycles. The molecule has 3 rings (SSSR count). The molecule has 3 fully saturated rings. The fourth-order valence-corrected chi connectivity index (χ4v) is 7.68. The van der Waals surface area contributed by atoms with Gasteiger partial charge in [-0.3, -0.25) is 14.5 Å². The maximum atomic E-state index is 13.8. The molecule has 8 atom stereocenters. The minimum absolute atomic E-state index is 0. The van der Waals surface area contributed by atoms with Gasteiger partial charge in [0.15, 0.2) is 18.0 Å².